The zero-order valence-electron chi connectivity index (χ0n) is 10.9. The van der Waals surface area contributed by atoms with E-state index in [2.05, 4.69) is 0 Å². The topological polar surface area (TPSA) is 29.5 Å². The minimum atomic E-state index is 0.0780. The van der Waals surface area contributed by atoms with Crippen molar-refractivity contribution in [3.63, 3.8) is 0 Å². The molecule has 2 rings (SSSR count). The Balaban J connectivity index is 2.27. The second-order valence-corrected chi connectivity index (χ2v) is 5.43. The highest BCUT2D eigenvalue weighted by molar-refractivity contribution is 6.31. The summed E-state index contributed by atoms with van der Waals surface area (Å²) >= 11 is 11.9. The highest BCUT2D eigenvalue weighted by atomic mass is 35.5. The average molecular weight is 302 g/mol. The van der Waals surface area contributed by atoms with Crippen molar-refractivity contribution in [3.8, 4) is 5.75 Å². The van der Waals surface area contributed by atoms with Gasteiger partial charge in [0.05, 0.1) is 12.3 Å². The maximum absolute atomic E-state index is 12.0. The van der Waals surface area contributed by atoms with Crippen LogP contribution < -0.4 is 9.64 Å². The number of carbonyl (C=O) groups is 1. The molecule has 1 aromatic carbocycles. The zero-order valence-corrected chi connectivity index (χ0v) is 12.4. The SMILES string of the molecule is CCCOc1ccc(Cl)cc1N1CC(CCl)CC1=O. The summed E-state index contributed by atoms with van der Waals surface area (Å²) in [4.78, 5) is 13.8. The monoisotopic (exact) mass is 301 g/mol. The molecule has 1 aromatic rings. The van der Waals surface area contributed by atoms with Crippen LogP contribution in [0.1, 0.15) is 19.8 Å². The number of hydrogen-bond acceptors (Lipinski definition) is 2. The molecular formula is C14H17Cl2NO2. The second-order valence-electron chi connectivity index (χ2n) is 4.69. The summed E-state index contributed by atoms with van der Waals surface area (Å²) in [5, 5.41) is 0.598. The molecule has 3 nitrogen and oxygen atoms in total. The summed E-state index contributed by atoms with van der Waals surface area (Å²) in [6.45, 7) is 3.29. The quantitative estimate of drug-likeness (QED) is 0.776. The number of halogens is 2. The fourth-order valence-corrected chi connectivity index (χ4v) is 2.53. The van der Waals surface area contributed by atoms with Crippen LogP contribution in [-0.2, 0) is 4.79 Å². The highest BCUT2D eigenvalue weighted by Crippen LogP contribution is 2.35. The maximum atomic E-state index is 12.0. The van der Waals surface area contributed by atoms with Crippen LogP contribution in [-0.4, -0.2) is 24.9 Å². The number of benzene rings is 1. The van der Waals surface area contributed by atoms with Gasteiger partial charge in [0.25, 0.3) is 0 Å². The molecule has 1 atom stereocenters. The summed E-state index contributed by atoms with van der Waals surface area (Å²) in [7, 11) is 0. The number of rotatable bonds is 5. The predicted molar refractivity (Wildman–Crippen MR) is 78.4 cm³/mol. The van der Waals surface area contributed by atoms with Crippen molar-refractivity contribution < 1.29 is 9.53 Å². The third-order valence-electron chi connectivity index (χ3n) is 3.10. The Kier molecular flexibility index (Phi) is 4.94. The van der Waals surface area contributed by atoms with Gasteiger partial charge in [-0.2, -0.15) is 0 Å². The van der Waals surface area contributed by atoms with Crippen molar-refractivity contribution >= 4 is 34.8 Å². The maximum Gasteiger partial charge on any atom is 0.227 e. The van der Waals surface area contributed by atoms with Crippen LogP contribution in [0, 0.1) is 5.92 Å². The van der Waals surface area contributed by atoms with Gasteiger partial charge in [0.2, 0.25) is 5.91 Å². The van der Waals surface area contributed by atoms with Gasteiger partial charge in [0.15, 0.2) is 0 Å². The first kappa shape index (κ1) is 14.5. The van der Waals surface area contributed by atoms with E-state index in [9.17, 15) is 4.79 Å². The van der Waals surface area contributed by atoms with E-state index in [0.717, 1.165) is 12.1 Å². The van der Waals surface area contributed by atoms with Crippen molar-refractivity contribution in [1.29, 1.82) is 0 Å². The summed E-state index contributed by atoms with van der Waals surface area (Å²) in [6.07, 6.45) is 1.41. The molecule has 0 spiro atoms. The number of alkyl halides is 1. The lowest BCUT2D eigenvalue weighted by atomic mass is 10.1. The smallest absolute Gasteiger partial charge is 0.227 e. The van der Waals surface area contributed by atoms with Crippen LogP contribution in [0.25, 0.3) is 0 Å². The lowest BCUT2D eigenvalue weighted by Crippen LogP contribution is -2.25. The van der Waals surface area contributed by atoms with Crippen molar-refractivity contribution in [2.45, 2.75) is 19.8 Å². The van der Waals surface area contributed by atoms with E-state index in [1.54, 1.807) is 17.0 Å². The van der Waals surface area contributed by atoms with Crippen LogP contribution in [0.4, 0.5) is 5.69 Å². The molecule has 1 aliphatic heterocycles. The van der Waals surface area contributed by atoms with Gasteiger partial charge in [0.1, 0.15) is 5.75 Å². The Bertz CT molecular complexity index is 465. The van der Waals surface area contributed by atoms with E-state index in [1.807, 2.05) is 13.0 Å². The zero-order chi connectivity index (χ0) is 13.8. The van der Waals surface area contributed by atoms with Crippen molar-refractivity contribution in [2.75, 3.05) is 23.9 Å². The van der Waals surface area contributed by atoms with Crippen molar-refractivity contribution in [2.24, 2.45) is 5.92 Å². The fraction of sp³-hybridized carbons (Fsp3) is 0.500. The summed E-state index contributed by atoms with van der Waals surface area (Å²) in [5.74, 6) is 1.48. The Morgan fingerprint density at radius 3 is 2.89 bits per heavy atom. The minimum absolute atomic E-state index is 0.0780. The molecule has 0 radical (unpaired) electrons. The van der Waals surface area contributed by atoms with E-state index in [-0.39, 0.29) is 11.8 Å². The Hall–Kier alpha value is -0.930. The molecule has 0 N–H and O–H groups in total. The standard InChI is InChI=1S/C14H17Cl2NO2/c1-2-5-19-13-4-3-11(16)7-12(13)17-9-10(8-15)6-14(17)18/h3-4,7,10H,2,5-6,8-9H2,1H3. The number of amides is 1. The Labute approximate surface area is 123 Å². The number of hydrogen-bond donors (Lipinski definition) is 0. The van der Waals surface area contributed by atoms with E-state index >= 15 is 0 Å². The largest absolute Gasteiger partial charge is 0.491 e. The number of anilines is 1. The minimum Gasteiger partial charge on any atom is -0.491 e. The van der Waals surface area contributed by atoms with Crippen molar-refractivity contribution in [1.82, 2.24) is 0 Å². The predicted octanol–water partition coefficient (Wildman–Crippen LogP) is 3.72. The summed E-state index contributed by atoms with van der Waals surface area (Å²) in [5.41, 5.74) is 0.749. The van der Waals surface area contributed by atoms with E-state index in [0.29, 0.717) is 36.2 Å². The first-order chi connectivity index (χ1) is 9.15. The lowest BCUT2D eigenvalue weighted by Gasteiger charge is -2.20. The number of ether oxygens (including phenoxy) is 1. The molecule has 5 heteroatoms. The van der Waals surface area contributed by atoms with Gasteiger partial charge < -0.3 is 9.64 Å². The van der Waals surface area contributed by atoms with Gasteiger partial charge in [-0.3, -0.25) is 4.79 Å². The third-order valence-corrected chi connectivity index (χ3v) is 3.77. The molecule has 0 saturated carbocycles. The third kappa shape index (κ3) is 3.34. The molecule has 19 heavy (non-hydrogen) atoms. The molecule has 1 aliphatic rings. The van der Waals surface area contributed by atoms with Crippen LogP contribution in [0.5, 0.6) is 5.75 Å². The van der Waals surface area contributed by atoms with Crippen LogP contribution in [0.3, 0.4) is 0 Å². The molecular weight excluding hydrogens is 285 g/mol. The van der Waals surface area contributed by atoms with Gasteiger partial charge in [-0.1, -0.05) is 18.5 Å². The lowest BCUT2D eigenvalue weighted by molar-refractivity contribution is -0.117. The summed E-state index contributed by atoms with van der Waals surface area (Å²) in [6, 6.07) is 5.37. The Morgan fingerprint density at radius 2 is 2.26 bits per heavy atom. The van der Waals surface area contributed by atoms with Crippen molar-refractivity contribution in [3.05, 3.63) is 23.2 Å². The average Bonchev–Trinajstić information content (AvgIpc) is 2.78. The second kappa shape index (κ2) is 6.49. The molecule has 0 bridgehead atoms. The molecule has 1 unspecified atom stereocenters. The molecule has 1 saturated heterocycles. The van der Waals surface area contributed by atoms with Gasteiger partial charge >= 0.3 is 0 Å². The highest BCUT2D eigenvalue weighted by Gasteiger charge is 2.31. The first-order valence-electron chi connectivity index (χ1n) is 6.44. The van der Waals surface area contributed by atoms with Crippen LogP contribution >= 0.6 is 23.2 Å². The molecule has 104 valence electrons. The van der Waals surface area contributed by atoms with Gasteiger partial charge in [-0.25, -0.2) is 0 Å². The molecule has 0 aliphatic carbocycles. The number of nitrogens with zero attached hydrogens (tertiary/aromatic N) is 1. The van der Waals surface area contributed by atoms with Crippen LogP contribution in [0.15, 0.2) is 18.2 Å². The normalized spacial score (nSPS) is 19.0. The fourth-order valence-electron chi connectivity index (χ4n) is 2.15. The summed E-state index contributed by atoms with van der Waals surface area (Å²) < 4.78 is 5.69. The van der Waals surface area contributed by atoms with Crippen LogP contribution in [0.2, 0.25) is 5.02 Å². The Morgan fingerprint density at radius 1 is 1.47 bits per heavy atom. The van der Waals surface area contributed by atoms with E-state index < -0.39 is 0 Å². The molecule has 1 fully saturated rings. The van der Waals surface area contributed by atoms with E-state index in [4.69, 9.17) is 27.9 Å². The van der Waals surface area contributed by atoms with E-state index in [1.165, 1.54) is 0 Å². The van der Waals surface area contributed by atoms with Gasteiger partial charge in [-0.05, 0) is 30.5 Å². The van der Waals surface area contributed by atoms with Gasteiger partial charge in [0, 0.05) is 23.9 Å². The van der Waals surface area contributed by atoms with Gasteiger partial charge in [-0.15, -0.1) is 11.6 Å². The number of carbonyl (C=O) groups excluding carboxylic acids is 1. The molecule has 1 heterocycles. The first-order valence-corrected chi connectivity index (χ1v) is 7.35. The molecule has 1 amide bonds. The molecule has 0 aromatic heterocycles.